The lowest BCUT2D eigenvalue weighted by atomic mass is 10.2. The van der Waals surface area contributed by atoms with Gasteiger partial charge in [-0.1, -0.05) is 6.07 Å². The van der Waals surface area contributed by atoms with Crippen LogP contribution in [-0.4, -0.2) is 18.5 Å². The monoisotopic (exact) mass is 209 g/mol. The molecular formula is C10H12FN3O. The quantitative estimate of drug-likeness (QED) is 0.628. The highest BCUT2D eigenvalue weighted by Gasteiger charge is 2.21. The molecule has 0 aliphatic carbocycles. The van der Waals surface area contributed by atoms with Crippen LogP contribution in [0, 0.1) is 5.82 Å². The topological polar surface area (TPSA) is 67.2 Å². The number of para-hydroxylation sites is 1. The molecule has 4 nitrogen and oxygen atoms in total. The first-order valence-corrected chi connectivity index (χ1v) is 4.74. The van der Waals surface area contributed by atoms with Crippen LogP contribution in [0.2, 0.25) is 0 Å². The van der Waals surface area contributed by atoms with E-state index in [1.54, 1.807) is 12.1 Å². The molecule has 1 unspecified atom stereocenters. The first-order valence-electron chi connectivity index (χ1n) is 4.74. The lowest BCUT2D eigenvalue weighted by molar-refractivity contribution is -0.119. The van der Waals surface area contributed by atoms with Gasteiger partial charge in [-0.05, 0) is 12.1 Å². The predicted molar refractivity (Wildman–Crippen MR) is 55.8 cm³/mol. The Morgan fingerprint density at radius 2 is 2.33 bits per heavy atom. The van der Waals surface area contributed by atoms with E-state index in [1.807, 2.05) is 0 Å². The highest BCUT2D eigenvalue weighted by molar-refractivity contribution is 5.80. The fraction of sp³-hybridized carbons (Fsp3) is 0.300. The van der Waals surface area contributed by atoms with E-state index in [1.165, 1.54) is 6.07 Å². The van der Waals surface area contributed by atoms with Crippen LogP contribution in [0.25, 0.3) is 0 Å². The van der Waals surface area contributed by atoms with Gasteiger partial charge < -0.3 is 16.4 Å². The number of benzene rings is 1. The number of nitrogens with two attached hydrogens (primary N) is 1. The molecule has 0 bridgehead atoms. The molecule has 0 saturated carbocycles. The summed E-state index contributed by atoms with van der Waals surface area (Å²) in [7, 11) is 0. The minimum Gasteiger partial charge on any atom is -0.395 e. The van der Waals surface area contributed by atoms with Crippen molar-refractivity contribution in [1.29, 1.82) is 0 Å². The fourth-order valence-electron chi connectivity index (χ4n) is 1.59. The average Bonchev–Trinajstić information content (AvgIpc) is 2.59. The van der Waals surface area contributed by atoms with Crippen molar-refractivity contribution in [3.8, 4) is 0 Å². The highest BCUT2D eigenvalue weighted by atomic mass is 19.1. The molecule has 4 N–H and O–H groups in total. The Labute approximate surface area is 86.7 Å². The zero-order valence-corrected chi connectivity index (χ0v) is 8.09. The maximum absolute atomic E-state index is 13.1. The number of carbonyl (C=O) groups is 1. The first-order chi connectivity index (χ1) is 7.16. The van der Waals surface area contributed by atoms with Gasteiger partial charge in [-0.3, -0.25) is 4.79 Å². The van der Waals surface area contributed by atoms with Crippen LogP contribution in [0.5, 0.6) is 0 Å². The molecule has 15 heavy (non-hydrogen) atoms. The number of halogens is 1. The molecule has 1 aliphatic heterocycles. The van der Waals surface area contributed by atoms with E-state index in [0.29, 0.717) is 18.7 Å². The summed E-state index contributed by atoms with van der Waals surface area (Å²) in [6.45, 7) is 0.550. The van der Waals surface area contributed by atoms with Crippen molar-refractivity contribution in [2.24, 2.45) is 0 Å². The van der Waals surface area contributed by atoms with Gasteiger partial charge in [0.05, 0.1) is 17.4 Å². The number of nitrogens with one attached hydrogen (secondary N) is 2. The SMILES string of the molecule is Nc1c(F)cccc1NC1CNC(=O)C1. The molecular weight excluding hydrogens is 197 g/mol. The molecule has 1 fully saturated rings. The fourth-order valence-corrected chi connectivity index (χ4v) is 1.59. The van der Waals surface area contributed by atoms with Crippen LogP contribution in [-0.2, 0) is 4.79 Å². The second kappa shape index (κ2) is 3.76. The van der Waals surface area contributed by atoms with Crippen LogP contribution >= 0.6 is 0 Å². The Morgan fingerprint density at radius 1 is 1.53 bits per heavy atom. The number of nitrogen functional groups attached to an aromatic ring is 1. The molecule has 2 rings (SSSR count). The standard InChI is InChI=1S/C10H12FN3O/c11-7-2-1-3-8(10(7)12)14-6-4-9(15)13-5-6/h1-3,6,14H,4-5,12H2,(H,13,15). The number of rotatable bonds is 2. The van der Waals surface area contributed by atoms with Gasteiger partial charge in [-0.25, -0.2) is 4.39 Å². The predicted octanol–water partition coefficient (Wildman–Crippen LogP) is 0.708. The number of anilines is 2. The van der Waals surface area contributed by atoms with Crippen LogP contribution in [0.4, 0.5) is 15.8 Å². The van der Waals surface area contributed by atoms with Gasteiger partial charge in [-0.2, -0.15) is 0 Å². The van der Waals surface area contributed by atoms with Crippen molar-refractivity contribution >= 4 is 17.3 Å². The average molecular weight is 209 g/mol. The molecule has 80 valence electrons. The van der Waals surface area contributed by atoms with Gasteiger partial charge in [-0.15, -0.1) is 0 Å². The van der Waals surface area contributed by atoms with Crippen molar-refractivity contribution in [2.75, 3.05) is 17.6 Å². The number of hydrogen-bond acceptors (Lipinski definition) is 3. The number of amides is 1. The van der Waals surface area contributed by atoms with Crippen molar-refractivity contribution < 1.29 is 9.18 Å². The Bertz CT molecular complexity index is 394. The highest BCUT2D eigenvalue weighted by Crippen LogP contribution is 2.22. The van der Waals surface area contributed by atoms with E-state index in [4.69, 9.17) is 5.73 Å². The summed E-state index contributed by atoms with van der Waals surface area (Å²) < 4.78 is 13.1. The summed E-state index contributed by atoms with van der Waals surface area (Å²) in [5, 5.41) is 5.72. The van der Waals surface area contributed by atoms with Crippen LogP contribution in [0.1, 0.15) is 6.42 Å². The maximum Gasteiger partial charge on any atom is 0.222 e. The Balaban J connectivity index is 2.11. The summed E-state index contributed by atoms with van der Waals surface area (Å²) in [6, 6.07) is 4.57. The van der Waals surface area contributed by atoms with Crippen molar-refractivity contribution in [3.05, 3.63) is 24.0 Å². The summed E-state index contributed by atoms with van der Waals surface area (Å²) in [6.07, 6.45) is 0.399. The van der Waals surface area contributed by atoms with E-state index in [9.17, 15) is 9.18 Å². The molecule has 1 aromatic rings. The molecule has 0 aromatic heterocycles. The van der Waals surface area contributed by atoms with E-state index in [0.717, 1.165) is 0 Å². The minimum atomic E-state index is -0.447. The molecule has 1 atom stereocenters. The van der Waals surface area contributed by atoms with Gasteiger partial charge in [0, 0.05) is 13.0 Å². The van der Waals surface area contributed by atoms with Crippen molar-refractivity contribution in [2.45, 2.75) is 12.5 Å². The van der Waals surface area contributed by atoms with Crippen LogP contribution in [0.15, 0.2) is 18.2 Å². The maximum atomic E-state index is 13.1. The van der Waals surface area contributed by atoms with Gasteiger partial charge in [0.2, 0.25) is 5.91 Å². The molecule has 1 saturated heterocycles. The second-order valence-corrected chi connectivity index (χ2v) is 3.55. The van der Waals surface area contributed by atoms with Crippen LogP contribution < -0.4 is 16.4 Å². The van der Waals surface area contributed by atoms with Gasteiger partial charge >= 0.3 is 0 Å². The summed E-state index contributed by atoms with van der Waals surface area (Å²) >= 11 is 0. The zero-order chi connectivity index (χ0) is 10.8. The lowest BCUT2D eigenvalue weighted by Crippen LogP contribution is -2.23. The first kappa shape index (κ1) is 9.76. The Morgan fingerprint density at radius 3 is 3.00 bits per heavy atom. The van der Waals surface area contributed by atoms with Crippen molar-refractivity contribution in [1.82, 2.24) is 5.32 Å². The Hall–Kier alpha value is -1.78. The number of hydrogen-bond donors (Lipinski definition) is 3. The summed E-state index contributed by atoms with van der Waals surface area (Å²) in [4.78, 5) is 10.9. The third-order valence-electron chi connectivity index (χ3n) is 2.39. The van der Waals surface area contributed by atoms with Gasteiger partial charge in [0.15, 0.2) is 0 Å². The summed E-state index contributed by atoms with van der Waals surface area (Å²) in [5.74, 6) is -0.445. The van der Waals surface area contributed by atoms with Gasteiger partial charge in [0.25, 0.3) is 0 Å². The second-order valence-electron chi connectivity index (χ2n) is 3.55. The largest absolute Gasteiger partial charge is 0.395 e. The molecule has 0 radical (unpaired) electrons. The van der Waals surface area contributed by atoms with E-state index < -0.39 is 5.82 Å². The molecule has 1 heterocycles. The smallest absolute Gasteiger partial charge is 0.222 e. The third kappa shape index (κ3) is 2.01. The zero-order valence-electron chi connectivity index (χ0n) is 8.09. The minimum absolute atomic E-state index is 0.00229. The normalized spacial score (nSPS) is 20.1. The Kier molecular flexibility index (Phi) is 2.45. The molecule has 1 aromatic carbocycles. The molecule has 1 amide bonds. The van der Waals surface area contributed by atoms with Gasteiger partial charge in [0.1, 0.15) is 5.82 Å². The summed E-state index contributed by atoms with van der Waals surface area (Å²) in [5.41, 5.74) is 6.19. The molecule has 1 aliphatic rings. The molecule has 5 heteroatoms. The number of carbonyl (C=O) groups excluding carboxylic acids is 1. The van der Waals surface area contributed by atoms with E-state index in [-0.39, 0.29) is 17.6 Å². The molecule has 0 spiro atoms. The van der Waals surface area contributed by atoms with E-state index in [2.05, 4.69) is 10.6 Å². The third-order valence-corrected chi connectivity index (χ3v) is 2.39. The van der Waals surface area contributed by atoms with Crippen molar-refractivity contribution in [3.63, 3.8) is 0 Å². The lowest BCUT2D eigenvalue weighted by Gasteiger charge is -2.14. The van der Waals surface area contributed by atoms with Crippen LogP contribution in [0.3, 0.4) is 0 Å². The van der Waals surface area contributed by atoms with E-state index >= 15 is 0 Å².